The standard InChI is InChI=1S/C16H15NO2/c18-15-13-11-6-7-12(8-11)14(13)16(19)17(15)9-10-4-2-1-3-5-10/h1-7,11-14H,8-9H2/t11-,12-,13-,14+/m1/s1. The lowest BCUT2D eigenvalue weighted by Gasteiger charge is -2.17. The Morgan fingerprint density at radius 2 is 1.53 bits per heavy atom. The molecule has 3 heteroatoms. The highest BCUT2D eigenvalue weighted by Gasteiger charge is 2.58. The van der Waals surface area contributed by atoms with Crippen molar-refractivity contribution in [2.45, 2.75) is 13.0 Å². The average Bonchev–Trinajstić information content (AvgIpc) is 3.10. The summed E-state index contributed by atoms with van der Waals surface area (Å²) in [5.74, 6) is 0.517. The number of likely N-dealkylation sites (tertiary alicyclic amines) is 1. The normalized spacial score (nSPS) is 35.3. The molecule has 1 aliphatic heterocycles. The van der Waals surface area contributed by atoms with Crippen molar-refractivity contribution >= 4 is 11.8 Å². The summed E-state index contributed by atoms with van der Waals surface area (Å²) >= 11 is 0. The first-order valence-electron chi connectivity index (χ1n) is 6.83. The van der Waals surface area contributed by atoms with E-state index in [4.69, 9.17) is 0 Å². The van der Waals surface area contributed by atoms with Gasteiger partial charge in [0, 0.05) is 0 Å². The van der Waals surface area contributed by atoms with E-state index in [0.29, 0.717) is 18.4 Å². The van der Waals surface area contributed by atoms with Crippen LogP contribution in [0.2, 0.25) is 0 Å². The van der Waals surface area contributed by atoms with Crippen molar-refractivity contribution in [3.8, 4) is 0 Å². The van der Waals surface area contributed by atoms with Crippen LogP contribution in [0.3, 0.4) is 0 Å². The van der Waals surface area contributed by atoms with E-state index < -0.39 is 0 Å². The summed E-state index contributed by atoms with van der Waals surface area (Å²) < 4.78 is 0. The second-order valence-electron chi connectivity index (χ2n) is 5.75. The van der Waals surface area contributed by atoms with Gasteiger partial charge in [0.15, 0.2) is 0 Å². The minimum Gasteiger partial charge on any atom is -0.278 e. The molecule has 0 radical (unpaired) electrons. The highest BCUT2D eigenvalue weighted by Crippen LogP contribution is 2.52. The molecular weight excluding hydrogens is 238 g/mol. The third-order valence-corrected chi connectivity index (χ3v) is 4.75. The second-order valence-corrected chi connectivity index (χ2v) is 5.75. The Morgan fingerprint density at radius 3 is 2.11 bits per heavy atom. The average molecular weight is 253 g/mol. The highest BCUT2D eigenvalue weighted by atomic mass is 16.2. The van der Waals surface area contributed by atoms with Gasteiger partial charge in [-0.3, -0.25) is 14.5 Å². The van der Waals surface area contributed by atoms with Crippen LogP contribution >= 0.6 is 0 Å². The van der Waals surface area contributed by atoms with Crippen LogP contribution in [0.25, 0.3) is 0 Å². The zero-order chi connectivity index (χ0) is 13.0. The number of benzene rings is 1. The van der Waals surface area contributed by atoms with Crippen LogP contribution in [-0.2, 0) is 16.1 Å². The first-order valence-corrected chi connectivity index (χ1v) is 6.83. The first kappa shape index (κ1) is 11.0. The van der Waals surface area contributed by atoms with Gasteiger partial charge in [-0.05, 0) is 23.8 Å². The number of imide groups is 1. The molecule has 1 heterocycles. The molecule has 2 fully saturated rings. The minimum absolute atomic E-state index is 0.0377. The lowest BCUT2D eigenvalue weighted by molar-refractivity contribution is -0.141. The number of carbonyl (C=O) groups is 2. The van der Waals surface area contributed by atoms with Crippen LogP contribution in [0.5, 0.6) is 0 Å². The molecule has 3 aliphatic rings. The van der Waals surface area contributed by atoms with Crippen LogP contribution in [0.15, 0.2) is 42.5 Å². The van der Waals surface area contributed by atoms with E-state index in [2.05, 4.69) is 12.2 Å². The van der Waals surface area contributed by atoms with Crippen LogP contribution < -0.4 is 0 Å². The fourth-order valence-electron chi connectivity index (χ4n) is 3.89. The van der Waals surface area contributed by atoms with Gasteiger partial charge in [-0.2, -0.15) is 0 Å². The van der Waals surface area contributed by atoms with Crippen molar-refractivity contribution in [1.29, 1.82) is 0 Å². The van der Waals surface area contributed by atoms with E-state index in [9.17, 15) is 9.59 Å². The lowest BCUT2D eigenvalue weighted by atomic mass is 9.85. The zero-order valence-corrected chi connectivity index (χ0v) is 10.5. The Hall–Kier alpha value is -1.90. The highest BCUT2D eigenvalue weighted by molar-refractivity contribution is 6.06. The Labute approximate surface area is 111 Å². The summed E-state index contributed by atoms with van der Waals surface area (Å²) in [7, 11) is 0. The molecule has 2 amide bonds. The number of hydrogen-bond acceptors (Lipinski definition) is 2. The van der Waals surface area contributed by atoms with Crippen LogP contribution in [0.4, 0.5) is 0 Å². The zero-order valence-electron chi connectivity index (χ0n) is 10.5. The summed E-state index contributed by atoms with van der Waals surface area (Å²) in [6.45, 7) is 0.422. The van der Waals surface area contributed by atoms with Crippen LogP contribution in [-0.4, -0.2) is 16.7 Å². The Bertz CT molecular complexity index is 548. The molecule has 1 aromatic carbocycles. The van der Waals surface area contributed by atoms with Gasteiger partial charge in [-0.25, -0.2) is 0 Å². The molecule has 4 atom stereocenters. The number of fused-ring (bicyclic) bond motifs is 5. The fraction of sp³-hybridized carbons (Fsp3) is 0.375. The van der Waals surface area contributed by atoms with Gasteiger partial charge < -0.3 is 0 Å². The lowest BCUT2D eigenvalue weighted by Crippen LogP contribution is -2.32. The molecule has 2 bridgehead atoms. The van der Waals surface area contributed by atoms with E-state index >= 15 is 0 Å². The maximum Gasteiger partial charge on any atom is 0.234 e. The molecule has 1 aromatic rings. The van der Waals surface area contributed by atoms with Crippen molar-refractivity contribution < 1.29 is 9.59 Å². The van der Waals surface area contributed by atoms with E-state index in [-0.39, 0.29) is 23.7 Å². The molecule has 1 saturated carbocycles. The summed E-state index contributed by atoms with van der Waals surface area (Å²) in [5, 5.41) is 0. The molecule has 0 N–H and O–H groups in total. The van der Waals surface area contributed by atoms with Gasteiger partial charge in [-0.15, -0.1) is 0 Å². The Balaban J connectivity index is 1.62. The predicted octanol–water partition coefficient (Wildman–Crippen LogP) is 1.99. The largest absolute Gasteiger partial charge is 0.278 e. The van der Waals surface area contributed by atoms with E-state index in [0.717, 1.165) is 12.0 Å². The summed E-state index contributed by atoms with van der Waals surface area (Å²) in [5.41, 5.74) is 1.02. The molecule has 96 valence electrons. The van der Waals surface area contributed by atoms with Gasteiger partial charge in [-0.1, -0.05) is 42.5 Å². The SMILES string of the molecule is O=C1[C@@H]2[C@H](C(=O)N1Cc1ccccc1)[C@@H]1C=C[C@@H]2C1. The third-order valence-electron chi connectivity index (χ3n) is 4.75. The van der Waals surface area contributed by atoms with E-state index in [1.165, 1.54) is 4.90 Å². The van der Waals surface area contributed by atoms with E-state index in [1.807, 2.05) is 30.3 Å². The second kappa shape index (κ2) is 3.80. The van der Waals surface area contributed by atoms with Crippen LogP contribution in [0.1, 0.15) is 12.0 Å². The number of nitrogens with zero attached hydrogens (tertiary/aromatic N) is 1. The summed E-state index contributed by atoms with van der Waals surface area (Å²) in [4.78, 5) is 26.4. The quantitative estimate of drug-likeness (QED) is 0.597. The van der Waals surface area contributed by atoms with Gasteiger partial charge in [0.1, 0.15) is 0 Å². The van der Waals surface area contributed by atoms with Gasteiger partial charge in [0.25, 0.3) is 0 Å². The van der Waals surface area contributed by atoms with Crippen molar-refractivity contribution in [3.63, 3.8) is 0 Å². The Morgan fingerprint density at radius 1 is 0.947 bits per heavy atom. The first-order chi connectivity index (χ1) is 9.25. The monoisotopic (exact) mass is 253 g/mol. The summed E-state index contributed by atoms with van der Waals surface area (Å²) in [6.07, 6.45) is 5.25. The smallest absolute Gasteiger partial charge is 0.234 e. The molecule has 19 heavy (non-hydrogen) atoms. The third kappa shape index (κ3) is 1.44. The molecule has 0 spiro atoms. The number of amides is 2. The number of rotatable bonds is 2. The molecule has 3 nitrogen and oxygen atoms in total. The van der Waals surface area contributed by atoms with Crippen molar-refractivity contribution in [1.82, 2.24) is 4.90 Å². The molecule has 1 saturated heterocycles. The molecule has 2 aliphatic carbocycles. The van der Waals surface area contributed by atoms with Gasteiger partial charge in [0.05, 0.1) is 18.4 Å². The van der Waals surface area contributed by atoms with Crippen molar-refractivity contribution in [2.75, 3.05) is 0 Å². The fourth-order valence-corrected chi connectivity index (χ4v) is 3.89. The molecular formula is C16H15NO2. The maximum absolute atomic E-state index is 12.5. The topological polar surface area (TPSA) is 37.4 Å². The van der Waals surface area contributed by atoms with Gasteiger partial charge in [0.2, 0.25) is 11.8 Å². The Kier molecular flexibility index (Phi) is 2.19. The van der Waals surface area contributed by atoms with E-state index in [1.54, 1.807) is 0 Å². The number of carbonyl (C=O) groups excluding carboxylic acids is 2. The summed E-state index contributed by atoms with van der Waals surface area (Å²) in [6, 6.07) is 9.73. The predicted molar refractivity (Wildman–Crippen MR) is 69.7 cm³/mol. The van der Waals surface area contributed by atoms with Gasteiger partial charge >= 0.3 is 0 Å². The maximum atomic E-state index is 12.5. The molecule has 0 unspecified atom stereocenters. The number of allylic oxidation sites excluding steroid dienone is 2. The molecule has 4 rings (SSSR count). The molecule has 0 aromatic heterocycles. The van der Waals surface area contributed by atoms with Crippen LogP contribution in [0, 0.1) is 23.7 Å². The minimum atomic E-state index is -0.0776. The van der Waals surface area contributed by atoms with Crippen molar-refractivity contribution in [2.24, 2.45) is 23.7 Å². The van der Waals surface area contributed by atoms with Crippen molar-refractivity contribution in [3.05, 3.63) is 48.0 Å². The number of hydrogen-bond donors (Lipinski definition) is 0.